The average molecular weight is 189 g/mol. The van der Waals surface area contributed by atoms with Crippen LogP contribution in [0.15, 0.2) is 0 Å². The van der Waals surface area contributed by atoms with E-state index in [1.165, 1.54) is 0 Å². The van der Waals surface area contributed by atoms with E-state index in [4.69, 9.17) is 11.5 Å². The van der Waals surface area contributed by atoms with Crippen LogP contribution >= 0.6 is 0 Å². The highest BCUT2D eigenvalue weighted by atomic mass is 16.4. The Labute approximate surface area is 76.8 Å². The van der Waals surface area contributed by atoms with Crippen LogP contribution < -0.4 is 27.3 Å². The van der Waals surface area contributed by atoms with E-state index < -0.39 is 12.0 Å². The van der Waals surface area contributed by atoms with Gasteiger partial charge in [0, 0.05) is 6.42 Å². The van der Waals surface area contributed by atoms with E-state index in [1.807, 2.05) is 6.92 Å². The third-order valence-electron chi connectivity index (χ3n) is 1.69. The van der Waals surface area contributed by atoms with Crippen LogP contribution in [0.1, 0.15) is 19.8 Å². The maximum atomic E-state index is 10.3. The van der Waals surface area contributed by atoms with E-state index >= 15 is 0 Å². The zero-order valence-electron chi connectivity index (χ0n) is 7.75. The molecular formula is C7H17N4O2+. The van der Waals surface area contributed by atoms with Gasteiger partial charge in [-0.1, -0.05) is 0 Å². The second-order valence-electron chi connectivity index (χ2n) is 3.09. The minimum absolute atomic E-state index is 0.0496. The topological polar surface area (TPSA) is 134 Å². The molecule has 8 N–H and O–H groups in total. The molecule has 0 aromatic heterocycles. The van der Waals surface area contributed by atoms with Gasteiger partial charge in [-0.2, -0.15) is 0 Å². The Kier molecular flexibility index (Phi) is 4.83. The molecule has 0 fully saturated rings. The third-order valence-corrected chi connectivity index (χ3v) is 1.69. The molecule has 0 saturated carbocycles. The zero-order valence-corrected chi connectivity index (χ0v) is 7.75. The molecule has 2 unspecified atom stereocenters. The molecule has 0 radical (unpaired) electrons. The first-order chi connectivity index (χ1) is 5.93. The lowest BCUT2D eigenvalue weighted by Crippen LogP contribution is -2.83. The Hall–Kier alpha value is -1.30. The minimum atomic E-state index is -1.13. The predicted octanol–water partition coefficient (Wildman–Crippen LogP) is -5.13. The van der Waals surface area contributed by atoms with Gasteiger partial charge in [-0.25, -0.2) is 0 Å². The first kappa shape index (κ1) is 11.7. The standard InChI is InChI=1S/C7H16N4O2/c1-4(11-7(9)10)2-3-5(8)6(12)13/h4-5H,2-3,8H2,1H3,(H,12,13)(H4,9,10,11)/p+1. The molecule has 13 heavy (non-hydrogen) atoms. The zero-order chi connectivity index (χ0) is 10.4. The summed E-state index contributed by atoms with van der Waals surface area (Å²) in [6.45, 7) is 1.86. The number of carbonyl (C=O) groups is 1. The summed E-state index contributed by atoms with van der Waals surface area (Å²) in [5.41, 5.74) is 13.8. The second-order valence-corrected chi connectivity index (χ2v) is 3.09. The van der Waals surface area contributed by atoms with Crippen molar-refractivity contribution in [3.63, 3.8) is 0 Å². The van der Waals surface area contributed by atoms with Crippen LogP contribution in [0.25, 0.3) is 0 Å². The number of hydrogen-bond donors (Lipinski definition) is 4. The maximum absolute atomic E-state index is 10.3. The molecule has 0 spiro atoms. The molecule has 0 aromatic carbocycles. The second kappa shape index (κ2) is 5.36. The molecule has 2 atom stereocenters. The Morgan fingerprint density at radius 2 is 2.08 bits per heavy atom. The van der Waals surface area contributed by atoms with Crippen LogP contribution in [0.2, 0.25) is 0 Å². The number of guanidine groups is 1. The monoisotopic (exact) mass is 189 g/mol. The van der Waals surface area contributed by atoms with Gasteiger partial charge in [0.25, 0.3) is 0 Å². The number of quaternary nitrogens is 1. The van der Waals surface area contributed by atoms with Crippen LogP contribution in [0.3, 0.4) is 0 Å². The highest BCUT2D eigenvalue weighted by molar-refractivity contribution is 5.69. The van der Waals surface area contributed by atoms with Crippen molar-refractivity contribution in [2.24, 2.45) is 11.5 Å². The minimum Gasteiger partial charge on any atom is -0.544 e. The number of nitrogens with two attached hydrogens (primary N) is 2. The van der Waals surface area contributed by atoms with Crippen LogP contribution in [0, 0.1) is 0 Å². The molecule has 0 saturated heterocycles. The summed E-state index contributed by atoms with van der Waals surface area (Å²) in [5.74, 6) is -0.988. The Morgan fingerprint density at radius 1 is 1.54 bits per heavy atom. The van der Waals surface area contributed by atoms with Crippen molar-refractivity contribution in [1.29, 1.82) is 0 Å². The summed E-state index contributed by atoms with van der Waals surface area (Å²) in [6, 6.07) is -0.628. The fourth-order valence-corrected chi connectivity index (χ4v) is 0.926. The number of rotatable bonds is 5. The molecule has 76 valence electrons. The third kappa shape index (κ3) is 5.92. The first-order valence-electron chi connectivity index (χ1n) is 4.12. The van der Waals surface area contributed by atoms with Gasteiger partial charge in [0.05, 0.1) is 12.0 Å². The van der Waals surface area contributed by atoms with Crippen molar-refractivity contribution in [1.82, 2.24) is 0 Å². The predicted molar refractivity (Wildman–Crippen MR) is 44.7 cm³/mol. The molecule has 6 nitrogen and oxygen atoms in total. The van der Waals surface area contributed by atoms with E-state index in [1.54, 1.807) is 0 Å². The number of nitrogens with one attached hydrogen (secondary N) is 1. The van der Waals surface area contributed by atoms with Gasteiger partial charge in [0.1, 0.15) is 6.04 Å². The fourth-order valence-electron chi connectivity index (χ4n) is 0.926. The quantitative estimate of drug-likeness (QED) is 0.254. The normalized spacial score (nSPS) is 14.6. The van der Waals surface area contributed by atoms with Crippen LogP contribution in [-0.4, -0.2) is 24.0 Å². The van der Waals surface area contributed by atoms with E-state index in [-0.39, 0.29) is 12.0 Å². The summed E-state index contributed by atoms with van der Waals surface area (Å²) < 4.78 is 0. The molecule has 0 aliphatic rings. The highest BCUT2D eigenvalue weighted by Crippen LogP contribution is 1.93. The summed E-state index contributed by atoms with van der Waals surface area (Å²) in [6.07, 6.45) is 1.09. The molecule has 0 heterocycles. The summed E-state index contributed by atoms with van der Waals surface area (Å²) >= 11 is 0. The van der Waals surface area contributed by atoms with Gasteiger partial charge in [-0.15, -0.1) is 0 Å². The lowest BCUT2D eigenvalue weighted by Gasteiger charge is -2.10. The van der Waals surface area contributed by atoms with E-state index in [9.17, 15) is 9.90 Å². The summed E-state index contributed by atoms with van der Waals surface area (Å²) in [7, 11) is 0. The van der Waals surface area contributed by atoms with Crippen molar-refractivity contribution in [3.05, 3.63) is 0 Å². The average Bonchev–Trinajstić information content (AvgIpc) is 1.98. The van der Waals surface area contributed by atoms with Crippen LogP contribution in [-0.2, 0) is 4.79 Å². The largest absolute Gasteiger partial charge is 0.544 e. The first-order valence-corrected chi connectivity index (χ1v) is 4.12. The Bertz CT molecular complexity index is 201. The molecule has 0 aliphatic heterocycles. The van der Waals surface area contributed by atoms with Gasteiger partial charge in [0.2, 0.25) is 0 Å². The molecule has 0 rings (SSSR count). The molecule has 0 amide bonds. The van der Waals surface area contributed by atoms with Gasteiger partial charge in [-0.05, 0) is 13.3 Å². The van der Waals surface area contributed by atoms with Gasteiger partial charge in [-0.3, -0.25) is 16.5 Å². The van der Waals surface area contributed by atoms with Crippen molar-refractivity contribution in [2.75, 3.05) is 0 Å². The van der Waals surface area contributed by atoms with Crippen LogP contribution in [0.4, 0.5) is 0 Å². The molecule has 0 aromatic rings. The number of aliphatic carboxylic acids is 1. The number of carboxylic acids is 1. The summed E-state index contributed by atoms with van der Waals surface area (Å²) in [5, 5.41) is 10.3. The molecular weight excluding hydrogens is 172 g/mol. The van der Waals surface area contributed by atoms with E-state index in [0.717, 1.165) is 0 Å². The van der Waals surface area contributed by atoms with Crippen LogP contribution in [0.5, 0.6) is 0 Å². The lowest BCUT2D eigenvalue weighted by atomic mass is 10.1. The van der Waals surface area contributed by atoms with Crippen molar-refractivity contribution in [2.45, 2.75) is 31.8 Å². The number of carbonyl (C=O) groups excluding carboxylic acids is 1. The van der Waals surface area contributed by atoms with Gasteiger partial charge < -0.3 is 15.6 Å². The van der Waals surface area contributed by atoms with Crippen molar-refractivity contribution in [3.8, 4) is 0 Å². The van der Waals surface area contributed by atoms with E-state index in [2.05, 4.69) is 10.7 Å². The molecule has 0 bridgehead atoms. The lowest BCUT2D eigenvalue weighted by molar-refractivity contribution is -0.504. The smallest absolute Gasteiger partial charge is 0.338 e. The molecule has 6 heteroatoms. The highest BCUT2D eigenvalue weighted by Gasteiger charge is 2.10. The van der Waals surface area contributed by atoms with Gasteiger partial charge >= 0.3 is 5.96 Å². The van der Waals surface area contributed by atoms with Crippen molar-refractivity contribution >= 4 is 11.9 Å². The number of carboxylic acid groups (broad SMARTS) is 1. The fraction of sp³-hybridized carbons (Fsp3) is 0.714. The maximum Gasteiger partial charge on any atom is 0.338 e. The summed E-state index contributed by atoms with van der Waals surface area (Å²) in [4.78, 5) is 13.1. The molecule has 0 aliphatic carbocycles. The number of hydrogen-bond acceptors (Lipinski definition) is 2. The Balaban J connectivity index is 3.76. The van der Waals surface area contributed by atoms with Crippen molar-refractivity contribution < 1.29 is 20.6 Å². The van der Waals surface area contributed by atoms with E-state index in [0.29, 0.717) is 12.8 Å². The van der Waals surface area contributed by atoms with Gasteiger partial charge in [0.15, 0.2) is 0 Å². The Morgan fingerprint density at radius 3 is 2.46 bits per heavy atom. The SMILES string of the molecule is CC(CCC([NH3+])C(=O)[O-])[NH+]=C(N)N.